The van der Waals surface area contributed by atoms with E-state index in [1.165, 1.54) is 0 Å². The van der Waals surface area contributed by atoms with Crippen LogP contribution in [0.25, 0.3) is 11.0 Å². The van der Waals surface area contributed by atoms with Gasteiger partial charge in [-0.3, -0.25) is 9.69 Å². The van der Waals surface area contributed by atoms with Crippen LogP contribution in [0, 0.1) is 19.8 Å². The number of likely N-dealkylation sites (tertiary alicyclic amines) is 1. The molecule has 1 N–H and O–H groups in total. The minimum atomic E-state index is -0.915. The van der Waals surface area contributed by atoms with Crippen LogP contribution < -0.4 is 0 Å². The highest BCUT2D eigenvalue weighted by molar-refractivity contribution is 5.79. The molecule has 0 saturated carbocycles. The molecule has 7 nitrogen and oxygen atoms in total. The molecular weight excluding hydrogens is 370 g/mol. The minimum Gasteiger partial charge on any atom is -0.481 e. The van der Waals surface area contributed by atoms with Gasteiger partial charge >= 0.3 is 12.1 Å². The summed E-state index contributed by atoms with van der Waals surface area (Å²) < 4.78 is 7.44. The predicted octanol–water partition coefficient (Wildman–Crippen LogP) is 4.91. The first-order valence-electron chi connectivity index (χ1n) is 10.3. The third-order valence-corrected chi connectivity index (χ3v) is 4.82. The van der Waals surface area contributed by atoms with E-state index in [9.17, 15) is 14.7 Å². The highest BCUT2D eigenvalue weighted by Gasteiger charge is 2.42. The summed E-state index contributed by atoms with van der Waals surface area (Å²) in [7, 11) is 0. The van der Waals surface area contributed by atoms with Crippen molar-refractivity contribution in [2.75, 3.05) is 6.54 Å². The smallest absolute Gasteiger partial charge is 0.411 e. The van der Waals surface area contributed by atoms with Gasteiger partial charge in [-0.05, 0) is 65.2 Å². The monoisotopic (exact) mass is 403 g/mol. The maximum atomic E-state index is 12.9. The van der Waals surface area contributed by atoms with Crippen LogP contribution in [0.5, 0.6) is 0 Å². The lowest BCUT2D eigenvalue weighted by Gasteiger charge is -2.41. The lowest BCUT2D eigenvalue weighted by molar-refractivity contribution is -0.147. The van der Waals surface area contributed by atoms with Crippen LogP contribution >= 0.6 is 0 Å². The number of aryl methyl sites for hydroxylation is 2. The van der Waals surface area contributed by atoms with Crippen molar-refractivity contribution >= 4 is 23.1 Å². The van der Waals surface area contributed by atoms with Gasteiger partial charge in [0.05, 0.1) is 17.0 Å². The Bertz CT molecular complexity index is 882. The van der Waals surface area contributed by atoms with Crippen molar-refractivity contribution in [3.05, 3.63) is 29.6 Å². The zero-order chi connectivity index (χ0) is 21.9. The molecule has 1 aromatic heterocycles. The number of nitrogens with zero attached hydrogens (tertiary/aromatic N) is 3. The molecule has 0 spiro atoms. The number of rotatable bonds is 2. The molecule has 2 atom stereocenters. The summed E-state index contributed by atoms with van der Waals surface area (Å²) in [5, 5.41) is 9.83. The van der Waals surface area contributed by atoms with E-state index in [0.29, 0.717) is 25.2 Å². The Morgan fingerprint density at radius 3 is 2.45 bits per heavy atom. The number of carbonyl (C=O) groups excluding carboxylic acids is 1. The van der Waals surface area contributed by atoms with Crippen LogP contribution in [0.1, 0.15) is 65.0 Å². The van der Waals surface area contributed by atoms with Gasteiger partial charge in [0.25, 0.3) is 0 Å². The van der Waals surface area contributed by atoms with Crippen molar-refractivity contribution in [2.24, 2.45) is 5.92 Å². The second-order valence-corrected chi connectivity index (χ2v) is 8.20. The fourth-order valence-corrected chi connectivity index (χ4v) is 3.73. The Morgan fingerprint density at radius 1 is 1.21 bits per heavy atom. The van der Waals surface area contributed by atoms with E-state index in [0.717, 1.165) is 16.6 Å². The number of benzene rings is 1. The quantitative estimate of drug-likeness (QED) is 0.770. The summed E-state index contributed by atoms with van der Waals surface area (Å²) in [6, 6.07) is 5.87. The first kappa shape index (κ1) is 22.7. The Labute approximate surface area is 172 Å². The summed E-state index contributed by atoms with van der Waals surface area (Å²) in [6.07, 6.45) is -0.0347. The molecule has 2 heterocycles. The molecule has 1 amide bonds. The number of ether oxygens (including phenoxy) is 1. The van der Waals surface area contributed by atoms with Gasteiger partial charge in [0.15, 0.2) is 0 Å². The summed E-state index contributed by atoms with van der Waals surface area (Å²) in [5.41, 5.74) is 2.05. The number of hydrogen-bond donors (Lipinski definition) is 1. The normalized spacial score (nSPS) is 19.5. The molecule has 1 aromatic carbocycles. The summed E-state index contributed by atoms with van der Waals surface area (Å²) in [5.74, 6) is -0.951. The van der Waals surface area contributed by atoms with Gasteiger partial charge in [0.2, 0.25) is 0 Å². The lowest BCUT2D eigenvalue weighted by atomic mass is 9.94. The molecular formula is C22H33N3O4. The van der Waals surface area contributed by atoms with Crippen LogP contribution in [-0.4, -0.2) is 43.8 Å². The van der Waals surface area contributed by atoms with Crippen LogP contribution in [0.15, 0.2) is 18.2 Å². The Hall–Kier alpha value is -2.57. The van der Waals surface area contributed by atoms with Crippen molar-refractivity contribution in [1.29, 1.82) is 0 Å². The fraction of sp³-hybridized carbons (Fsp3) is 0.591. The largest absolute Gasteiger partial charge is 0.481 e. The number of carboxylic acid groups (broad SMARTS) is 1. The van der Waals surface area contributed by atoms with Crippen molar-refractivity contribution in [3.8, 4) is 0 Å². The lowest BCUT2D eigenvalue weighted by Crippen LogP contribution is -2.49. The number of amides is 1. The van der Waals surface area contributed by atoms with Crippen molar-refractivity contribution in [2.45, 2.75) is 73.1 Å². The first-order valence-corrected chi connectivity index (χ1v) is 10.3. The Morgan fingerprint density at radius 2 is 1.86 bits per heavy atom. The van der Waals surface area contributed by atoms with Crippen LogP contribution in [-0.2, 0) is 9.53 Å². The van der Waals surface area contributed by atoms with Gasteiger partial charge in [0.1, 0.15) is 17.6 Å². The van der Waals surface area contributed by atoms with Crippen molar-refractivity contribution in [3.63, 3.8) is 0 Å². The highest BCUT2D eigenvalue weighted by Crippen LogP contribution is 2.36. The molecule has 29 heavy (non-hydrogen) atoms. The Balaban J connectivity index is 0.00000145. The molecule has 0 radical (unpaired) electrons. The number of hydrogen-bond acceptors (Lipinski definition) is 4. The van der Waals surface area contributed by atoms with Crippen LogP contribution in [0.4, 0.5) is 4.79 Å². The molecule has 1 aliphatic heterocycles. The zero-order valence-electron chi connectivity index (χ0n) is 18.5. The summed E-state index contributed by atoms with van der Waals surface area (Å²) >= 11 is 0. The minimum absolute atomic E-state index is 0.453. The van der Waals surface area contributed by atoms with E-state index in [4.69, 9.17) is 4.74 Å². The number of imidazole rings is 1. The van der Waals surface area contributed by atoms with Gasteiger partial charge in [-0.15, -0.1) is 0 Å². The third-order valence-electron chi connectivity index (χ3n) is 4.82. The molecule has 1 fully saturated rings. The number of piperidine rings is 1. The van der Waals surface area contributed by atoms with Gasteiger partial charge in [-0.1, -0.05) is 19.9 Å². The summed E-state index contributed by atoms with van der Waals surface area (Å²) in [4.78, 5) is 31.0. The van der Waals surface area contributed by atoms with E-state index in [2.05, 4.69) is 4.98 Å². The SMILES string of the molecule is CC.Cc1ccc2c(c1)nc(C)n2C1C(C(=O)O)CCCN1C(=O)OC(C)(C)C. The molecule has 160 valence electrons. The van der Waals surface area contributed by atoms with E-state index in [-0.39, 0.29) is 0 Å². The number of carboxylic acids is 1. The number of aromatic nitrogens is 2. The zero-order valence-corrected chi connectivity index (χ0v) is 18.5. The van der Waals surface area contributed by atoms with E-state index in [1.807, 2.05) is 50.5 Å². The maximum Gasteiger partial charge on any atom is 0.411 e. The predicted molar refractivity (Wildman–Crippen MR) is 113 cm³/mol. The van der Waals surface area contributed by atoms with Crippen molar-refractivity contribution in [1.82, 2.24) is 14.5 Å². The van der Waals surface area contributed by atoms with Gasteiger partial charge < -0.3 is 14.4 Å². The molecule has 1 aliphatic rings. The summed E-state index contributed by atoms with van der Waals surface area (Å²) in [6.45, 7) is 13.7. The number of carbonyl (C=O) groups is 2. The van der Waals surface area contributed by atoms with Crippen LogP contribution in [0.2, 0.25) is 0 Å². The number of fused-ring (bicyclic) bond motifs is 1. The Kier molecular flexibility index (Phi) is 6.93. The van der Waals surface area contributed by atoms with E-state index in [1.54, 1.807) is 25.7 Å². The van der Waals surface area contributed by atoms with Gasteiger partial charge in [0, 0.05) is 6.54 Å². The average molecular weight is 404 g/mol. The second-order valence-electron chi connectivity index (χ2n) is 8.20. The fourth-order valence-electron chi connectivity index (χ4n) is 3.73. The highest BCUT2D eigenvalue weighted by atomic mass is 16.6. The molecule has 0 aliphatic carbocycles. The first-order chi connectivity index (χ1) is 13.6. The molecule has 2 unspecified atom stereocenters. The second kappa shape index (κ2) is 8.84. The van der Waals surface area contributed by atoms with Gasteiger partial charge in [-0.25, -0.2) is 9.78 Å². The molecule has 3 rings (SSSR count). The van der Waals surface area contributed by atoms with E-state index >= 15 is 0 Å². The third kappa shape index (κ3) is 4.89. The molecule has 1 saturated heterocycles. The maximum absolute atomic E-state index is 12.9. The molecule has 0 bridgehead atoms. The van der Waals surface area contributed by atoms with Crippen molar-refractivity contribution < 1.29 is 19.4 Å². The molecule has 7 heteroatoms. The number of aliphatic carboxylic acids is 1. The average Bonchev–Trinajstić information content (AvgIpc) is 2.95. The topological polar surface area (TPSA) is 84.7 Å². The van der Waals surface area contributed by atoms with E-state index < -0.39 is 29.7 Å². The molecule has 2 aromatic rings. The van der Waals surface area contributed by atoms with Gasteiger partial charge in [-0.2, -0.15) is 0 Å². The van der Waals surface area contributed by atoms with Crippen LogP contribution in [0.3, 0.4) is 0 Å². The standard InChI is InChI=1S/C20H27N3O4.C2H6/c1-12-8-9-16-15(11-12)21-13(2)23(16)17-14(18(24)25)7-6-10-22(17)19(26)27-20(3,4)5;1-2/h8-9,11,14,17H,6-7,10H2,1-5H3,(H,24,25);1-2H3.